The third kappa shape index (κ3) is 2.91. The summed E-state index contributed by atoms with van der Waals surface area (Å²) in [6, 6.07) is 6.19. The van der Waals surface area contributed by atoms with Crippen LogP contribution in [0.2, 0.25) is 0 Å². The molecule has 90 valence electrons. The largest absolute Gasteiger partial charge is 0.481 e. The summed E-state index contributed by atoms with van der Waals surface area (Å²) in [5, 5.41) is 12.0. The summed E-state index contributed by atoms with van der Waals surface area (Å²) in [5.74, 6) is -1.14. The molecule has 0 aliphatic carbocycles. The third-order valence-corrected chi connectivity index (χ3v) is 2.90. The van der Waals surface area contributed by atoms with E-state index < -0.39 is 5.97 Å². The molecule has 0 saturated carbocycles. The molecule has 4 heteroatoms. The van der Waals surface area contributed by atoms with Crippen LogP contribution >= 0.6 is 0 Å². The van der Waals surface area contributed by atoms with Crippen molar-refractivity contribution >= 4 is 11.5 Å². The van der Waals surface area contributed by atoms with E-state index >= 15 is 0 Å². The molecule has 1 aliphatic rings. The van der Waals surface area contributed by atoms with Crippen molar-refractivity contribution in [2.75, 3.05) is 13.1 Å². The second kappa shape index (κ2) is 5.10. The van der Waals surface area contributed by atoms with E-state index in [1.165, 1.54) is 12.1 Å². The van der Waals surface area contributed by atoms with Crippen LogP contribution in [0.1, 0.15) is 12.0 Å². The monoisotopic (exact) mass is 235 g/mol. The molecule has 2 N–H and O–H groups in total. The number of carboxylic acid groups (broad SMARTS) is 1. The molecule has 3 nitrogen and oxygen atoms in total. The number of carbonyl (C=O) groups is 1. The quantitative estimate of drug-likeness (QED) is 0.841. The van der Waals surface area contributed by atoms with Gasteiger partial charge in [0.2, 0.25) is 0 Å². The van der Waals surface area contributed by atoms with Crippen molar-refractivity contribution in [3.8, 4) is 0 Å². The van der Waals surface area contributed by atoms with Gasteiger partial charge in [-0.15, -0.1) is 0 Å². The summed E-state index contributed by atoms with van der Waals surface area (Å²) < 4.78 is 12.8. The van der Waals surface area contributed by atoms with Gasteiger partial charge in [0.15, 0.2) is 0 Å². The van der Waals surface area contributed by atoms with Crippen molar-refractivity contribution in [2.45, 2.75) is 6.42 Å². The minimum Gasteiger partial charge on any atom is -0.481 e. The smallest absolute Gasteiger partial charge is 0.304 e. The molecule has 0 amide bonds. The Hall–Kier alpha value is -1.68. The van der Waals surface area contributed by atoms with Crippen LogP contribution in [-0.2, 0) is 4.79 Å². The predicted molar refractivity (Wildman–Crippen MR) is 63.0 cm³/mol. The molecule has 2 rings (SSSR count). The van der Waals surface area contributed by atoms with E-state index in [1.54, 1.807) is 12.1 Å². The van der Waals surface area contributed by atoms with Crippen LogP contribution < -0.4 is 5.32 Å². The Kier molecular flexibility index (Phi) is 3.54. The van der Waals surface area contributed by atoms with Gasteiger partial charge in [0.1, 0.15) is 5.82 Å². The molecule has 0 unspecified atom stereocenters. The average molecular weight is 235 g/mol. The van der Waals surface area contributed by atoms with Gasteiger partial charge in [-0.05, 0) is 23.3 Å². The molecule has 1 atom stereocenters. The van der Waals surface area contributed by atoms with Gasteiger partial charge in [0.05, 0.1) is 6.42 Å². The van der Waals surface area contributed by atoms with Crippen LogP contribution in [0.25, 0.3) is 5.57 Å². The van der Waals surface area contributed by atoms with E-state index in [1.807, 2.05) is 6.08 Å². The number of hydrogen-bond donors (Lipinski definition) is 2. The second-order valence-corrected chi connectivity index (χ2v) is 4.12. The van der Waals surface area contributed by atoms with Crippen LogP contribution in [0.3, 0.4) is 0 Å². The minimum atomic E-state index is -0.813. The summed E-state index contributed by atoms with van der Waals surface area (Å²) in [7, 11) is 0. The molecule has 1 aliphatic heterocycles. The molecule has 17 heavy (non-hydrogen) atoms. The highest BCUT2D eigenvalue weighted by molar-refractivity contribution is 5.75. The molecule has 0 fully saturated rings. The minimum absolute atomic E-state index is 0.0493. The first-order chi connectivity index (χ1) is 8.16. The number of aliphatic carboxylic acids is 1. The van der Waals surface area contributed by atoms with Gasteiger partial charge >= 0.3 is 5.97 Å². The number of hydrogen-bond acceptors (Lipinski definition) is 2. The van der Waals surface area contributed by atoms with E-state index in [2.05, 4.69) is 5.32 Å². The van der Waals surface area contributed by atoms with Crippen molar-refractivity contribution in [2.24, 2.45) is 5.92 Å². The molecule has 1 aromatic carbocycles. The zero-order valence-electron chi connectivity index (χ0n) is 9.32. The summed E-state index contributed by atoms with van der Waals surface area (Å²) in [4.78, 5) is 10.8. The first-order valence-corrected chi connectivity index (χ1v) is 5.55. The number of nitrogens with one attached hydrogen (secondary N) is 1. The molecule has 1 aromatic rings. The van der Waals surface area contributed by atoms with Gasteiger partial charge in [-0.25, -0.2) is 4.39 Å². The maximum absolute atomic E-state index is 12.8. The average Bonchev–Trinajstić information content (AvgIpc) is 2.30. The van der Waals surface area contributed by atoms with Crippen LogP contribution in [0, 0.1) is 11.7 Å². The lowest BCUT2D eigenvalue weighted by Crippen LogP contribution is -2.30. The van der Waals surface area contributed by atoms with Crippen molar-refractivity contribution in [3.05, 3.63) is 41.7 Å². The summed E-state index contributed by atoms with van der Waals surface area (Å²) >= 11 is 0. The Morgan fingerprint density at radius 2 is 2.12 bits per heavy atom. The Morgan fingerprint density at radius 3 is 2.76 bits per heavy atom. The van der Waals surface area contributed by atoms with Gasteiger partial charge in [-0.2, -0.15) is 0 Å². The maximum atomic E-state index is 12.8. The fourth-order valence-corrected chi connectivity index (χ4v) is 2.11. The highest BCUT2D eigenvalue weighted by Gasteiger charge is 2.21. The topological polar surface area (TPSA) is 49.3 Å². The Morgan fingerprint density at radius 1 is 1.41 bits per heavy atom. The van der Waals surface area contributed by atoms with E-state index in [0.717, 1.165) is 17.7 Å². The van der Waals surface area contributed by atoms with E-state index in [-0.39, 0.29) is 18.2 Å². The molecule has 0 saturated heterocycles. The highest BCUT2D eigenvalue weighted by atomic mass is 19.1. The molecule has 0 bridgehead atoms. The molecule has 0 spiro atoms. The zero-order chi connectivity index (χ0) is 12.3. The first-order valence-electron chi connectivity index (χ1n) is 5.55. The third-order valence-electron chi connectivity index (χ3n) is 2.90. The number of carboxylic acids is 1. The lowest BCUT2D eigenvalue weighted by Gasteiger charge is -2.24. The lowest BCUT2D eigenvalue weighted by molar-refractivity contribution is -0.137. The Balaban J connectivity index is 2.24. The van der Waals surface area contributed by atoms with Crippen LogP contribution in [0.15, 0.2) is 30.3 Å². The number of halogens is 1. The SMILES string of the molecule is O=C(O)C[C@H]1CNCC=C1c1ccc(F)cc1. The lowest BCUT2D eigenvalue weighted by atomic mass is 9.87. The van der Waals surface area contributed by atoms with Gasteiger partial charge in [-0.1, -0.05) is 18.2 Å². The fourth-order valence-electron chi connectivity index (χ4n) is 2.11. The molecule has 0 aromatic heterocycles. The van der Waals surface area contributed by atoms with Crippen molar-refractivity contribution < 1.29 is 14.3 Å². The van der Waals surface area contributed by atoms with Gasteiger partial charge < -0.3 is 10.4 Å². The normalized spacial score (nSPS) is 19.8. The van der Waals surface area contributed by atoms with Crippen LogP contribution in [-0.4, -0.2) is 24.2 Å². The van der Waals surface area contributed by atoms with E-state index in [4.69, 9.17) is 5.11 Å². The summed E-state index contributed by atoms with van der Waals surface area (Å²) in [5.41, 5.74) is 1.89. The zero-order valence-corrected chi connectivity index (χ0v) is 9.32. The van der Waals surface area contributed by atoms with Gasteiger partial charge in [0, 0.05) is 19.0 Å². The van der Waals surface area contributed by atoms with E-state index in [9.17, 15) is 9.18 Å². The Bertz CT molecular complexity index is 439. The standard InChI is InChI=1S/C13H14FNO2/c14-11-3-1-9(2-4-11)12-5-6-15-8-10(12)7-13(16)17/h1-5,10,15H,6-8H2,(H,16,17)/t10-/m0/s1. The molecule has 1 heterocycles. The fraction of sp³-hybridized carbons (Fsp3) is 0.308. The number of benzene rings is 1. The van der Waals surface area contributed by atoms with Crippen molar-refractivity contribution in [1.29, 1.82) is 0 Å². The maximum Gasteiger partial charge on any atom is 0.304 e. The van der Waals surface area contributed by atoms with Gasteiger partial charge in [0.25, 0.3) is 0 Å². The molecular formula is C13H14FNO2. The van der Waals surface area contributed by atoms with Crippen molar-refractivity contribution in [1.82, 2.24) is 5.32 Å². The Labute approximate surface area is 99.0 Å². The molecular weight excluding hydrogens is 221 g/mol. The highest BCUT2D eigenvalue weighted by Crippen LogP contribution is 2.27. The van der Waals surface area contributed by atoms with E-state index in [0.29, 0.717) is 6.54 Å². The molecule has 0 radical (unpaired) electrons. The van der Waals surface area contributed by atoms with Crippen LogP contribution in [0.4, 0.5) is 4.39 Å². The van der Waals surface area contributed by atoms with Crippen LogP contribution in [0.5, 0.6) is 0 Å². The second-order valence-electron chi connectivity index (χ2n) is 4.12. The summed E-state index contributed by atoms with van der Waals surface area (Å²) in [6.07, 6.45) is 2.07. The van der Waals surface area contributed by atoms with Gasteiger partial charge in [-0.3, -0.25) is 4.79 Å². The summed E-state index contributed by atoms with van der Waals surface area (Å²) in [6.45, 7) is 1.37. The van der Waals surface area contributed by atoms with Crippen molar-refractivity contribution in [3.63, 3.8) is 0 Å². The number of rotatable bonds is 3. The predicted octanol–water partition coefficient (Wildman–Crippen LogP) is 1.90. The first kappa shape index (κ1) is 11.8.